The van der Waals surface area contributed by atoms with Crippen LogP contribution in [0.3, 0.4) is 0 Å². The summed E-state index contributed by atoms with van der Waals surface area (Å²) in [5.41, 5.74) is 8.53. The summed E-state index contributed by atoms with van der Waals surface area (Å²) < 4.78 is 0. The number of ketones is 1. The maximum atomic E-state index is 13.2. The Morgan fingerprint density at radius 1 is 0.952 bits per heavy atom. The third-order valence-corrected chi connectivity index (χ3v) is 8.85. The number of nitrogens with one attached hydrogen (secondary N) is 1. The molecule has 3 fully saturated rings. The van der Waals surface area contributed by atoms with Gasteiger partial charge in [0.25, 0.3) is 5.91 Å². The van der Waals surface area contributed by atoms with Crippen LogP contribution in [-0.4, -0.2) is 82.3 Å². The van der Waals surface area contributed by atoms with E-state index in [1.807, 2.05) is 30.5 Å². The Kier molecular flexibility index (Phi) is 8.01. The zero-order valence-corrected chi connectivity index (χ0v) is 24.4. The van der Waals surface area contributed by atoms with Crippen LogP contribution < -0.4 is 20.9 Å². The maximum Gasteiger partial charge on any atom is 0.271 e. The number of nitrogens with two attached hydrogens (primary N) is 1. The number of hydrogen-bond acceptors (Lipinski definition) is 10. The molecule has 6 rings (SSSR count). The number of likely N-dealkylation sites (N-methyl/N-ethyl adjacent to an activating group) is 1. The van der Waals surface area contributed by atoms with Crippen molar-refractivity contribution in [2.45, 2.75) is 51.0 Å². The van der Waals surface area contributed by atoms with E-state index in [9.17, 15) is 9.59 Å². The van der Waals surface area contributed by atoms with E-state index < -0.39 is 5.91 Å². The van der Waals surface area contributed by atoms with Crippen molar-refractivity contribution >= 4 is 34.8 Å². The Balaban J connectivity index is 1.15. The summed E-state index contributed by atoms with van der Waals surface area (Å²) in [5, 5.41) is 3.17. The van der Waals surface area contributed by atoms with Gasteiger partial charge in [-0.05, 0) is 69.8 Å². The second-order valence-electron chi connectivity index (χ2n) is 11.8. The number of carbonyl (C=O) groups is 2. The van der Waals surface area contributed by atoms with Crippen molar-refractivity contribution in [3.63, 3.8) is 0 Å². The van der Waals surface area contributed by atoms with Gasteiger partial charge in [0.1, 0.15) is 11.6 Å². The number of aromatic nitrogens is 4. The average molecular weight is 570 g/mol. The van der Waals surface area contributed by atoms with Crippen LogP contribution in [0.25, 0.3) is 0 Å². The fourth-order valence-electron chi connectivity index (χ4n) is 5.98. The second-order valence-corrected chi connectivity index (χ2v) is 11.8. The standard InChI is InChI=1S/C31H39N9O2/c1-20-22(16-26(41)23-7-9-25(33-17-23)21-5-6-21)4-3-11-40(20)28-19-35-29(30(32)42)31(37-28)36-27-10-8-24(18-34-27)39-14-12-38(2)13-15-39/h7-10,17-22H,3-6,11-16H2,1-2H3,(H2,32,42)(H,34,36,37)/t20-,22+/m1/s1. The fourth-order valence-corrected chi connectivity index (χ4v) is 5.98. The van der Waals surface area contributed by atoms with Crippen LogP contribution in [0.4, 0.5) is 23.1 Å². The summed E-state index contributed by atoms with van der Waals surface area (Å²) in [6.45, 7) is 6.84. The third-order valence-electron chi connectivity index (χ3n) is 8.85. The Labute approximate surface area is 246 Å². The maximum absolute atomic E-state index is 13.2. The molecule has 2 saturated heterocycles. The van der Waals surface area contributed by atoms with Crippen molar-refractivity contribution in [1.29, 1.82) is 0 Å². The first-order valence-electron chi connectivity index (χ1n) is 14.9. The van der Waals surface area contributed by atoms with E-state index >= 15 is 0 Å². The van der Waals surface area contributed by atoms with E-state index in [-0.39, 0.29) is 29.3 Å². The number of rotatable bonds is 9. The Morgan fingerprint density at radius 2 is 1.76 bits per heavy atom. The van der Waals surface area contributed by atoms with E-state index in [1.54, 1.807) is 12.4 Å². The second kappa shape index (κ2) is 12.0. The molecule has 3 aromatic heterocycles. The lowest BCUT2D eigenvalue weighted by molar-refractivity contribution is 0.0944. The molecule has 1 saturated carbocycles. The Morgan fingerprint density at radius 3 is 2.43 bits per heavy atom. The summed E-state index contributed by atoms with van der Waals surface area (Å²) >= 11 is 0. The molecular weight excluding hydrogens is 530 g/mol. The third kappa shape index (κ3) is 6.20. The molecule has 0 bridgehead atoms. The van der Waals surface area contributed by atoms with Crippen molar-refractivity contribution < 1.29 is 9.59 Å². The van der Waals surface area contributed by atoms with E-state index in [0.29, 0.717) is 29.5 Å². The van der Waals surface area contributed by atoms with Crippen molar-refractivity contribution in [3.05, 3.63) is 59.8 Å². The molecule has 3 aromatic rings. The highest BCUT2D eigenvalue weighted by molar-refractivity contribution is 5.96. The molecule has 2 aliphatic heterocycles. The SMILES string of the molecule is C[C@@H]1[C@H](CC(=O)c2ccc(C3CC3)nc2)CCCN1c1cnc(C(N)=O)c(Nc2ccc(N3CCN(C)CC3)cn2)n1. The van der Waals surface area contributed by atoms with Crippen molar-refractivity contribution in [2.24, 2.45) is 11.7 Å². The van der Waals surface area contributed by atoms with Crippen LogP contribution in [0, 0.1) is 5.92 Å². The lowest BCUT2D eigenvalue weighted by atomic mass is 9.85. The number of nitrogens with zero attached hydrogens (tertiary/aromatic N) is 7. The van der Waals surface area contributed by atoms with Gasteiger partial charge in [0.2, 0.25) is 0 Å². The van der Waals surface area contributed by atoms with Gasteiger partial charge in [0, 0.05) is 68.6 Å². The molecule has 11 nitrogen and oxygen atoms in total. The first-order chi connectivity index (χ1) is 20.4. The van der Waals surface area contributed by atoms with Crippen LogP contribution >= 0.6 is 0 Å². The predicted molar refractivity (Wildman–Crippen MR) is 162 cm³/mol. The minimum Gasteiger partial charge on any atom is -0.368 e. The first-order valence-corrected chi connectivity index (χ1v) is 14.9. The molecule has 42 heavy (non-hydrogen) atoms. The predicted octanol–water partition coefficient (Wildman–Crippen LogP) is 3.62. The number of piperidine rings is 1. The molecule has 2 atom stereocenters. The Hall–Kier alpha value is -4.12. The number of primary amides is 1. The summed E-state index contributed by atoms with van der Waals surface area (Å²) in [7, 11) is 2.13. The van der Waals surface area contributed by atoms with E-state index in [0.717, 1.165) is 56.9 Å². The largest absolute Gasteiger partial charge is 0.368 e. The minimum absolute atomic E-state index is 0.0576. The smallest absolute Gasteiger partial charge is 0.271 e. The zero-order chi connectivity index (χ0) is 29.2. The molecule has 3 N–H and O–H groups in total. The highest BCUT2D eigenvalue weighted by Gasteiger charge is 2.32. The topological polar surface area (TPSA) is 133 Å². The summed E-state index contributed by atoms with van der Waals surface area (Å²) in [6.07, 6.45) is 9.88. The molecule has 0 radical (unpaired) electrons. The number of hydrogen-bond donors (Lipinski definition) is 2. The summed E-state index contributed by atoms with van der Waals surface area (Å²) in [4.78, 5) is 50.4. The fraction of sp³-hybridized carbons (Fsp3) is 0.484. The number of Topliss-reactive ketones (excluding diaryl/α,β-unsaturated/α-hetero) is 1. The molecule has 220 valence electrons. The van der Waals surface area contributed by atoms with Crippen LogP contribution in [0.15, 0.2) is 42.9 Å². The monoisotopic (exact) mass is 569 g/mol. The van der Waals surface area contributed by atoms with Gasteiger partial charge in [-0.3, -0.25) is 14.6 Å². The highest BCUT2D eigenvalue weighted by atomic mass is 16.1. The van der Waals surface area contributed by atoms with Crippen LogP contribution in [0.5, 0.6) is 0 Å². The van der Waals surface area contributed by atoms with Gasteiger partial charge in [0.15, 0.2) is 17.3 Å². The molecule has 1 aliphatic carbocycles. The Bertz CT molecular complexity index is 1420. The molecule has 3 aliphatic rings. The number of piperazine rings is 1. The number of amides is 1. The van der Waals surface area contributed by atoms with Crippen molar-refractivity contribution in [2.75, 3.05) is 54.9 Å². The summed E-state index contributed by atoms with van der Waals surface area (Å²) in [5.74, 6) is 1.64. The first kappa shape index (κ1) is 28.0. The minimum atomic E-state index is -0.665. The van der Waals surface area contributed by atoms with E-state index in [4.69, 9.17) is 10.7 Å². The highest BCUT2D eigenvalue weighted by Crippen LogP contribution is 2.39. The van der Waals surface area contributed by atoms with E-state index in [1.165, 1.54) is 12.8 Å². The number of pyridine rings is 2. The molecule has 0 unspecified atom stereocenters. The van der Waals surface area contributed by atoms with Gasteiger partial charge in [0.05, 0.1) is 18.1 Å². The zero-order valence-electron chi connectivity index (χ0n) is 24.4. The van der Waals surface area contributed by atoms with Gasteiger partial charge in [-0.15, -0.1) is 0 Å². The lowest BCUT2D eigenvalue weighted by Crippen LogP contribution is -2.44. The van der Waals surface area contributed by atoms with Crippen molar-refractivity contribution in [3.8, 4) is 0 Å². The normalized spacial score (nSPS) is 21.3. The van der Waals surface area contributed by atoms with Gasteiger partial charge in [-0.2, -0.15) is 0 Å². The van der Waals surface area contributed by atoms with Gasteiger partial charge in [-0.1, -0.05) is 0 Å². The van der Waals surface area contributed by atoms with Gasteiger partial charge >= 0.3 is 0 Å². The van der Waals surface area contributed by atoms with Gasteiger partial charge in [-0.25, -0.2) is 15.0 Å². The molecular formula is C31H39N9O2. The van der Waals surface area contributed by atoms with Crippen molar-refractivity contribution in [1.82, 2.24) is 24.8 Å². The van der Waals surface area contributed by atoms with Gasteiger partial charge < -0.3 is 25.8 Å². The molecule has 11 heteroatoms. The lowest BCUT2D eigenvalue weighted by Gasteiger charge is -2.40. The van der Waals surface area contributed by atoms with Crippen LogP contribution in [-0.2, 0) is 0 Å². The van der Waals surface area contributed by atoms with Crippen LogP contribution in [0.2, 0.25) is 0 Å². The molecule has 1 amide bonds. The quantitative estimate of drug-likeness (QED) is 0.368. The molecule has 0 aromatic carbocycles. The summed E-state index contributed by atoms with van der Waals surface area (Å²) in [6, 6.07) is 7.88. The molecule has 0 spiro atoms. The number of carbonyl (C=O) groups excluding carboxylic acids is 2. The van der Waals surface area contributed by atoms with Crippen LogP contribution in [0.1, 0.15) is 71.5 Å². The van der Waals surface area contributed by atoms with E-state index in [2.05, 4.69) is 48.9 Å². The molecule has 5 heterocycles. The average Bonchev–Trinajstić information content (AvgIpc) is 3.85. The number of anilines is 4.